The Hall–Kier alpha value is -2.41. The van der Waals surface area contributed by atoms with E-state index in [1.165, 1.54) is 12.1 Å². The summed E-state index contributed by atoms with van der Waals surface area (Å²) in [4.78, 5) is 36.6. The zero-order chi connectivity index (χ0) is 19.2. The number of nitrogen functional groups attached to an aromatic ring is 1. The van der Waals surface area contributed by atoms with Crippen LogP contribution in [-0.2, 0) is 4.74 Å². The van der Waals surface area contributed by atoms with Crippen molar-refractivity contribution in [1.29, 1.82) is 0 Å². The first-order chi connectivity index (χ1) is 11.6. The topological polar surface area (TPSA) is 133 Å². The molecule has 0 fully saturated rings. The Labute approximate surface area is 147 Å². The molecule has 138 valence electrons. The third-order valence-corrected chi connectivity index (χ3v) is 3.46. The maximum absolute atomic E-state index is 12.6. The average molecular weight is 350 g/mol. The zero-order valence-corrected chi connectivity index (χ0v) is 14.9. The number of carbonyl (C=O) groups is 3. The Kier molecular flexibility index (Phi) is 7.11. The first-order valence-corrected chi connectivity index (χ1v) is 8.21. The van der Waals surface area contributed by atoms with Crippen LogP contribution in [0, 0.1) is 0 Å². The molecule has 1 aromatic rings. The van der Waals surface area contributed by atoms with Crippen LogP contribution in [0.1, 0.15) is 77.5 Å². The lowest BCUT2D eigenvalue weighted by molar-refractivity contribution is 0.00641. The number of benzene rings is 1. The van der Waals surface area contributed by atoms with Gasteiger partial charge in [0.1, 0.15) is 5.60 Å². The number of hydrogen-bond acceptors (Lipinski definition) is 6. The molecule has 0 spiro atoms. The molecule has 25 heavy (non-hydrogen) atoms. The van der Waals surface area contributed by atoms with Gasteiger partial charge in [-0.25, -0.2) is 9.59 Å². The number of ketones is 1. The van der Waals surface area contributed by atoms with E-state index in [2.05, 4.69) is 0 Å². The van der Waals surface area contributed by atoms with Gasteiger partial charge in [0, 0.05) is 12.1 Å². The van der Waals surface area contributed by atoms with Crippen LogP contribution in [0.15, 0.2) is 12.1 Å². The maximum Gasteiger partial charge on any atom is 0.340 e. The number of Topliss-reactive ketones (excluding diaryl/α,β-unsaturated/α-hetero) is 1. The van der Waals surface area contributed by atoms with Crippen molar-refractivity contribution in [3.63, 3.8) is 0 Å². The number of aromatic carboxylic acids is 1. The molecule has 0 radical (unpaired) electrons. The number of carboxylic acids is 1. The van der Waals surface area contributed by atoms with E-state index in [4.69, 9.17) is 16.2 Å². The number of nitrogens with two attached hydrogens (primary N) is 2. The molecule has 0 heterocycles. The summed E-state index contributed by atoms with van der Waals surface area (Å²) in [5.74, 6) is -2.57. The molecule has 5 N–H and O–H groups in total. The van der Waals surface area contributed by atoms with Crippen LogP contribution in [0.2, 0.25) is 0 Å². The molecular formula is C18H26N2O5. The number of unbranched alkanes of at least 4 members (excludes halogenated alkanes) is 2. The van der Waals surface area contributed by atoms with Crippen molar-refractivity contribution in [3.8, 4) is 0 Å². The van der Waals surface area contributed by atoms with Crippen LogP contribution in [-0.4, -0.2) is 35.0 Å². The first-order valence-electron chi connectivity index (χ1n) is 8.21. The SMILES string of the molecule is CC(C)(C)OC(=O)c1c(C(=O)O)ccc(N)c1C(=O)CCCCCN. The van der Waals surface area contributed by atoms with Gasteiger partial charge in [-0.05, 0) is 52.3 Å². The van der Waals surface area contributed by atoms with Crippen molar-refractivity contribution in [1.82, 2.24) is 0 Å². The van der Waals surface area contributed by atoms with Gasteiger partial charge in [0.05, 0.1) is 16.7 Å². The van der Waals surface area contributed by atoms with Crippen LogP contribution in [0.4, 0.5) is 5.69 Å². The van der Waals surface area contributed by atoms with E-state index in [9.17, 15) is 19.5 Å². The molecule has 7 heteroatoms. The lowest BCUT2D eigenvalue weighted by Crippen LogP contribution is -2.27. The van der Waals surface area contributed by atoms with Gasteiger partial charge >= 0.3 is 11.9 Å². The molecule has 0 bridgehead atoms. The lowest BCUT2D eigenvalue weighted by Gasteiger charge is -2.21. The van der Waals surface area contributed by atoms with Gasteiger partial charge in [0.15, 0.2) is 5.78 Å². The third-order valence-electron chi connectivity index (χ3n) is 3.46. The minimum absolute atomic E-state index is 0.0645. The van der Waals surface area contributed by atoms with Gasteiger partial charge in [-0.1, -0.05) is 6.42 Å². The number of carboxylic acid groups (broad SMARTS) is 1. The number of hydrogen-bond donors (Lipinski definition) is 3. The molecule has 0 saturated carbocycles. The fraction of sp³-hybridized carbons (Fsp3) is 0.500. The fourth-order valence-electron chi connectivity index (χ4n) is 2.37. The lowest BCUT2D eigenvalue weighted by atomic mass is 9.93. The molecule has 0 aliphatic heterocycles. The number of carbonyl (C=O) groups excluding carboxylic acids is 2. The summed E-state index contributed by atoms with van der Waals surface area (Å²) in [5, 5.41) is 9.38. The zero-order valence-electron chi connectivity index (χ0n) is 14.9. The largest absolute Gasteiger partial charge is 0.478 e. The second-order valence-electron chi connectivity index (χ2n) is 6.78. The molecule has 0 aliphatic carbocycles. The molecule has 0 aromatic heterocycles. The Morgan fingerprint density at radius 2 is 1.72 bits per heavy atom. The van der Waals surface area contributed by atoms with Gasteiger partial charge < -0.3 is 21.3 Å². The predicted molar refractivity (Wildman–Crippen MR) is 94.8 cm³/mol. The average Bonchev–Trinajstić information content (AvgIpc) is 2.48. The van der Waals surface area contributed by atoms with Crippen molar-refractivity contribution in [2.75, 3.05) is 12.3 Å². The Morgan fingerprint density at radius 1 is 1.08 bits per heavy atom. The summed E-state index contributed by atoms with van der Waals surface area (Å²) < 4.78 is 5.28. The quantitative estimate of drug-likeness (QED) is 0.284. The summed E-state index contributed by atoms with van der Waals surface area (Å²) >= 11 is 0. The Morgan fingerprint density at radius 3 is 2.24 bits per heavy atom. The molecule has 0 saturated heterocycles. The smallest absolute Gasteiger partial charge is 0.340 e. The minimum atomic E-state index is -1.32. The van der Waals surface area contributed by atoms with Crippen molar-refractivity contribution < 1.29 is 24.2 Å². The molecule has 0 amide bonds. The van der Waals surface area contributed by atoms with Gasteiger partial charge in [-0.15, -0.1) is 0 Å². The van der Waals surface area contributed by atoms with Gasteiger partial charge in [-0.2, -0.15) is 0 Å². The number of rotatable bonds is 8. The predicted octanol–water partition coefficient (Wildman–Crippen LogP) is 2.62. The van der Waals surface area contributed by atoms with Crippen molar-refractivity contribution >= 4 is 23.4 Å². The molecule has 1 rings (SSSR count). The van der Waals surface area contributed by atoms with Crippen LogP contribution >= 0.6 is 0 Å². The van der Waals surface area contributed by atoms with Gasteiger partial charge in [0.2, 0.25) is 0 Å². The second-order valence-corrected chi connectivity index (χ2v) is 6.78. The molecule has 0 unspecified atom stereocenters. The van der Waals surface area contributed by atoms with Crippen molar-refractivity contribution in [2.45, 2.75) is 52.1 Å². The van der Waals surface area contributed by atoms with Crippen LogP contribution in [0.5, 0.6) is 0 Å². The van der Waals surface area contributed by atoms with E-state index >= 15 is 0 Å². The summed E-state index contributed by atoms with van der Waals surface area (Å²) in [6, 6.07) is 2.53. The molecule has 1 aromatic carbocycles. The number of esters is 1. The molecule has 0 atom stereocenters. The van der Waals surface area contributed by atoms with Crippen LogP contribution < -0.4 is 11.5 Å². The Balaban J connectivity index is 3.30. The summed E-state index contributed by atoms with van der Waals surface area (Å²) in [6.45, 7) is 5.51. The molecular weight excluding hydrogens is 324 g/mol. The fourth-order valence-corrected chi connectivity index (χ4v) is 2.37. The summed E-state index contributed by atoms with van der Waals surface area (Å²) in [6.07, 6.45) is 2.29. The number of ether oxygens (including phenoxy) is 1. The highest BCUT2D eigenvalue weighted by Gasteiger charge is 2.29. The van der Waals surface area contributed by atoms with E-state index < -0.39 is 17.5 Å². The minimum Gasteiger partial charge on any atom is -0.478 e. The third kappa shape index (κ3) is 5.86. The van der Waals surface area contributed by atoms with E-state index in [-0.39, 0.29) is 34.6 Å². The monoisotopic (exact) mass is 350 g/mol. The number of anilines is 1. The highest BCUT2D eigenvalue weighted by molar-refractivity contribution is 6.14. The van der Waals surface area contributed by atoms with Gasteiger partial charge in [0.25, 0.3) is 0 Å². The maximum atomic E-state index is 12.6. The van der Waals surface area contributed by atoms with E-state index in [1.807, 2.05) is 0 Å². The highest BCUT2D eigenvalue weighted by Crippen LogP contribution is 2.26. The van der Waals surface area contributed by atoms with E-state index in [1.54, 1.807) is 20.8 Å². The van der Waals surface area contributed by atoms with Crippen LogP contribution in [0.25, 0.3) is 0 Å². The van der Waals surface area contributed by atoms with Crippen LogP contribution in [0.3, 0.4) is 0 Å². The summed E-state index contributed by atoms with van der Waals surface area (Å²) in [7, 11) is 0. The second kappa shape index (κ2) is 8.62. The van der Waals surface area contributed by atoms with Gasteiger partial charge in [-0.3, -0.25) is 4.79 Å². The highest BCUT2D eigenvalue weighted by atomic mass is 16.6. The van der Waals surface area contributed by atoms with Crippen molar-refractivity contribution in [3.05, 3.63) is 28.8 Å². The standard InChI is InChI=1S/C18H26N2O5/c1-18(2,3)25-17(24)14-11(16(22)23)8-9-12(20)15(14)13(21)7-5-4-6-10-19/h8-9H,4-7,10,19-20H2,1-3H3,(H,22,23). The van der Waals surface area contributed by atoms with E-state index in [0.29, 0.717) is 13.0 Å². The Bertz CT molecular complexity index is 662. The van der Waals surface area contributed by atoms with E-state index in [0.717, 1.165) is 12.8 Å². The molecule has 0 aliphatic rings. The normalized spacial score (nSPS) is 11.2. The summed E-state index contributed by atoms with van der Waals surface area (Å²) in [5.41, 5.74) is 9.87. The molecule has 7 nitrogen and oxygen atoms in total. The first kappa shape index (κ1) is 20.6. The van der Waals surface area contributed by atoms with Crippen molar-refractivity contribution in [2.24, 2.45) is 5.73 Å².